The maximum atomic E-state index is 4.56. The first kappa shape index (κ1) is 13.9. The van der Waals surface area contributed by atoms with Crippen LogP contribution in [0.3, 0.4) is 0 Å². The number of hydrogen-bond donors (Lipinski definition) is 0. The summed E-state index contributed by atoms with van der Waals surface area (Å²) in [6.45, 7) is 8.05. The predicted molar refractivity (Wildman–Crippen MR) is 93.1 cm³/mol. The Balaban J connectivity index is 2.19. The van der Waals surface area contributed by atoms with Crippen molar-refractivity contribution in [3.63, 3.8) is 0 Å². The summed E-state index contributed by atoms with van der Waals surface area (Å²) in [5, 5.41) is 2.47. The van der Waals surface area contributed by atoms with Gasteiger partial charge in [0.1, 0.15) is 11.6 Å². The molecule has 2 heterocycles. The van der Waals surface area contributed by atoms with Gasteiger partial charge in [-0.25, -0.2) is 4.98 Å². The molecule has 0 spiro atoms. The lowest BCUT2D eigenvalue weighted by Gasteiger charge is -2.07. The molecular weight excluding hydrogens is 284 g/mol. The standard InChI is InChI=1S/C19H18N4/c1-11-5-7-17-15(9-11)16-10-12(2)6-8-18(16)23(17)19-21-13(3)20-14(4)22-19/h5-10H,1-4H3. The van der Waals surface area contributed by atoms with Gasteiger partial charge in [0.2, 0.25) is 5.95 Å². The SMILES string of the molecule is Cc1ccc2c(c1)c1cc(C)ccc1n2-c1nc(C)nc(C)n1. The van der Waals surface area contributed by atoms with Crippen molar-refractivity contribution < 1.29 is 0 Å². The minimum atomic E-state index is 0.683. The third-order valence-electron chi connectivity index (χ3n) is 4.12. The highest BCUT2D eigenvalue weighted by molar-refractivity contribution is 6.09. The molecule has 23 heavy (non-hydrogen) atoms. The molecule has 0 aliphatic heterocycles. The normalized spacial score (nSPS) is 11.5. The van der Waals surface area contributed by atoms with Gasteiger partial charge in [0.05, 0.1) is 11.0 Å². The van der Waals surface area contributed by atoms with E-state index in [2.05, 4.69) is 69.8 Å². The van der Waals surface area contributed by atoms with E-state index in [0.29, 0.717) is 5.95 Å². The molecule has 0 fully saturated rings. The van der Waals surface area contributed by atoms with Gasteiger partial charge in [-0.3, -0.25) is 4.57 Å². The molecule has 0 N–H and O–H groups in total. The molecule has 4 heteroatoms. The van der Waals surface area contributed by atoms with E-state index >= 15 is 0 Å². The first-order chi connectivity index (χ1) is 11.0. The Morgan fingerprint density at radius 2 is 1.13 bits per heavy atom. The van der Waals surface area contributed by atoms with Gasteiger partial charge in [-0.1, -0.05) is 23.3 Å². The number of aryl methyl sites for hydroxylation is 4. The lowest BCUT2D eigenvalue weighted by Crippen LogP contribution is -2.06. The van der Waals surface area contributed by atoms with Crippen LogP contribution in [0.4, 0.5) is 0 Å². The first-order valence-corrected chi connectivity index (χ1v) is 7.74. The van der Waals surface area contributed by atoms with Crippen molar-refractivity contribution in [1.29, 1.82) is 0 Å². The molecule has 0 radical (unpaired) electrons. The third-order valence-corrected chi connectivity index (χ3v) is 4.12. The van der Waals surface area contributed by atoms with Crippen LogP contribution in [-0.2, 0) is 0 Å². The molecule has 4 aromatic rings. The van der Waals surface area contributed by atoms with Gasteiger partial charge in [-0.05, 0) is 52.0 Å². The number of rotatable bonds is 1. The fourth-order valence-corrected chi connectivity index (χ4v) is 3.17. The Morgan fingerprint density at radius 1 is 0.652 bits per heavy atom. The van der Waals surface area contributed by atoms with Crippen molar-refractivity contribution >= 4 is 21.8 Å². The second kappa shape index (κ2) is 4.88. The smallest absolute Gasteiger partial charge is 0.238 e. The highest BCUT2D eigenvalue weighted by Gasteiger charge is 2.15. The molecule has 114 valence electrons. The Bertz CT molecular complexity index is 981. The average molecular weight is 302 g/mol. The van der Waals surface area contributed by atoms with Gasteiger partial charge in [0.15, 0.2) is 0 Å². The molecule has 0 unspecified atom stereocenters. The van der Waals surface area contributed by atoms with Crippen LogP contribution in [0.25, 0.3) is 27.8 Å². The van der Waals surface area contributed by atoms with Crippen molar-refractivity contribution in [2.75, 3.05) is 0 Å². The van der Waals surface area contributed by atoms with Crippen LogP contribution in [0, 0.1) is 27.7 Å². The lowest BCUT2D eigenvalue weighted by atomic mass is 10.1. The fourth-order valence-electron chi connectivity index (χ4n) is 3.17. The van der Waals surface area contributed by atoms with E-state index < -0.39 is 0 Å². The summed E-state index contributed by atoms with van der Waals surface area (Å²) in [6.07, 6.45) is 0. The van der Waals surface area contributed by atoms with Crippen molar-refractivity contribution in [3.05, 3.63) is 59.2 Å². The van der Waals surface area contributed by atoms with E-state index in [1.807, 2.05) is 13.8 Å². The minimum Gasteiger partial charge on any atom is -0.278 e. The summed E-state index contributed by atoms with van der Waals surface area (Å²) < 4.78 is 2.13. The number of benzene rings is 2. The topological polar surface area (TPSA) is 43.6 Å². The molecule has 4 rings (SSSR count). The second-order valence-electron chi connectivity index (χ2n) is 6.11. The zero-order valence-electron chi connectivity index (χ0n) is 13.8. The molecule has 2 aromatic heterocycles. The van der Waals surface area contributed by atoms with Gasteiger partial charge >= 0.3 is 0 Å². The highest BCUT2D eigenvalue weighted by atomic mass is 15.2. The molecular formula is C19H18N4. The van der Waals surface area contributed by atoms with Gasteiger partial charge in [-0.2, -0.15) is 9.97 Å². The zero-order valence-corrected chi connectivity index (χ0v) is 13.8. The first-order valence-electron chi connectivity index (χ1n) is 7.74. The van der Waals surface area contributed by atoms with Crippen LogP contribution in [0.5, 0.6) is 0 Å². The summed E-state index contributed by atoms with van der Waals surface area (Å²) in [5.41, 5.74) is 4.75. The zero-order chi connectivity index (χ0) is 16.1. The van der Waals surface area contributed by atoms with E-state index in [1.165, 1.54) is 21.9 Å². The van der Waals surface area contributed by atoms with Crippen LogP contribution >= 0.6 is 0 Å². The Morgan fingerprint density at radius 3 is 1.61 bits per heavy atom. The van der Waals surface area contributed by atoms with Crippen molar-refractivity contribution in [2.24, 2.45) is 0 Å². The molecule has 0 saturated carbocycles. The molecule has 0 aliphatic carbocycles. The molecule has 0 aliphatic rings. The van der Waals surface area contributed by atoms with Crippen LogP contribution in [0.15, 0.2) is 36.4 Å². The summed E-state index contributed by atoms with van der Waals surface area (Å²) in [4.78, 5) is 13.4. The predicted octanol–water partition coefficient (Wildman–Crippen LogP) is 4.20. The van der Waals surface area contributed by atoms with Gasteiger partial charge in [-0.15, -0.1) is 0 Å². The van der Waals surface area contributed by atoms with E-state index in [9.17, 15) is 0 Å². The molecule has 0 amide bonds. The Hall–Kier alpha value is -2.75. The highest BCUT2D eigenvalue weighted by Crippen LogP contribution is 2.32. The van der Waals surface area contributed by atoms with E-state index in [-0.39, 0.29) is 0 Å². The molecule has 0 atom stereocenters. The Labute approximate surface area is 134 Å². The van der Waals surface area contributed by atoms with Crippen molar-refractivity contribution in [1.82, 2.24) is 19.5 Å². The van der Waals surface area contributed by atoms with E-state index in [4.69, 9.17) is 0 Å². The molecule has 0 saturated heterocycles. The van der Waals surface area contributed by atoms with Crippen LogP contribution < -0.4 is 0 Å². The van der Waals surface area contributed by atoms with E-state index in [1.54, 1.807) is 0 Å². The summed E-state index contributed by atoms with van der Waals surface area (Å²) in [5.74, 6) is 2.16. The summed E-state index contributed by atoms with van der Waals surface area (Å²) in [7, 11) is 0. The van der Waals surface area contributed by atoms with Crippen LogP contribution in [0.2, 0.25) is 0 Å². The maximum absolute atomic E-state index is 4.56. The van der Waals surface area contributed by atoms with Crippen molar-refractivity contribution in [3.8, 4) is 5.95 Å². The minimum absolute atomic E-state index is 0.683. The number of aromatic nitrogens is 4. The van der Waals surface area contributed by atoms with Crippen molar-refractivity contribution in [2.45, 2.75) is 27.7 Å². The second-order valence-corrected chi connectivity index (χ2v) is 6.11. The molecule has 2 aromatic carbocycles. The van der Waals surface area contributed by atoms with Crippen LogP contribution in [0.1, 0.15) is 22.8 Å². The van der Waals surface area contributed by atoms with Gasteiger partial charge in [0, 0.05) is 10.8 Å². The molecule has 4 nitrogen and oxygen atoms in total. The summed E-state index contributed by atoms with van der Waals surface area (Å²) >= 11 is 0. The number of nitrogens with zero attached hydrogens (tertiary/aromatic N) is 4. The number of hydrogen-bond acceptors (Lipinski definition) is 3. The Kier molecular flexibility index (Phi) is 2.94. The summed E-state index contributed by atoms with van der Waals surface area (Å²) in [6, 6.07) is 13.0. The lowest BCUT2D eigenvalue weighted by molar-refractivity contribution is 0.864. The number of fused-ring (bicyclic) bond motifs is 3. The monoisotopic (exact) mass is 302 g/mol. The van der Waals surface area contributed by atoms with Gasteiger partial charge < -0.3 is 0 Å². The van der Waals surface area contributed by atoms with Gasteiger partial charge in [0.25, 0.3) is 0 Å². The third kappa shape index (κ3) is 2.18. The van der Waals surface area contributed by atoms with Crippen LogP contribution in [-0.4, -0.2) is 19.5 Å². The quantitative estimate of drug-likeness (QED) is 0.529. The maximum Gasteiger partial charge on any atom is 0.238 e. The fraction of sp³-hybridized carbons (Fsp3) is 0.211. The largest absolute Gasteiger partial charge is 0.278 e. The molecule has 0 bridgehead atoms. The average Bonchev–Trinajstić information content (AvgIpc) is 2.79. The van der Waals surface area contributed by atoms with E-state index in [0.717, 1.165) is 22.7 Å².